The van der Waals surface area contributed by atoms with Gasteiger partial charge in [0.05, 0.1) is 25.5 Å². The van der Waals surface area contributed by atoms with Crippen molar-refractivity contribution >= 4 is 11.6 Å². The predicted octanol–water partition coefficient (Wildman–Crippen LogP) is 0.161. The zero-order valence-corrected chi connectivity index (χ0v) is 12.0. The summed E-state index contributed by atoms with van der Waals surface area (Å²) >= 11 is 0. The number of nitrogens with zero attached hydrogens (tertiary/aromatic N) is 6. The van der Waals surface area contributed by atoms with Gasteiger partial charge < -0.3 is 10.1 Å². The molecular weight excluding hydrogens is 286 g/mol. The number of carbonyl (C=O) groups excluding carboxylic acids is 1. The predicted molar refractivity (Wildman–Crippen MR) is 75.3 cm³/mol. The summed E-state index contributed by atoms with van der Waals surface area (Å²) in [5.74, 6) is 0.582. The lowest BCUT2D eigenvalue weighted by Crippen LogP contribution is -2.25. The molecule has 1 amide bonds. The number of aryl methyl sites for hydroxylation is 1. The average Bonchev–Trinajstić information content (AvgIpc) is 2.95. The molecule has 0 aromatic carbocycles. The molecule has 3 aromatic rings. The summed E-state index contributed by atoms with van der Waals surface area (Å²) in [5.41, 5.74) is 1.56. The minimum atomic E-state index is -0.341. The van der Waals surface area contributed by atoms with E-state index >= 15 is 0 Å². The molecule has 9 nitrogen and oxygen atoms in total. The number of rotatable bonds is 4. The smallest absolute Gasteiger partial charge is 0.271 e. The maximum atomic E-state index is 12.0. The second-order valence-electron chi connectivity index (χ2n) is 4.49. The van der Waals surface area contributed by atoms with E-state index in [0.29, 0.717) is 17.4 Å². The van der Waals surface area contributed by atoms with Crippen LogP contribution in [-0.4, -0.2) is 42.8 Å². The van der Waals surface area contributed by atoms with Crippen LogP contribution in [0.2, 0.25) is 0 Å². The number of hydrogen-bond donors (Lipinski definition) is 1. The number of ether oxygens (including phenoxy) is 1. The van der Waals surface area contributed by atoms with Crippen molar-refractivity contribution in [3.8, 4) is 5.88 Å². The van der Waals surface area contributed by atoms with E-state index in [1.165, 1.54) is 24.0 Å². The molecule has 0 aliphatic heterocycles. The Kier molecular flexibility index (Phi) is 3.60. The summed E-state index contributed by atoms with van der Waals surface area (Å²) in [5, 5.41) is 14.9. The first kappa shape index (κ1) is 13.9. The van der Waals surface area contributed by atoms with E-state index in [-0.39, 0.29) is 18.1 Å². The van der Waals surface area contributed by atoms with Crippen molar-refractivity contribution in [2.24, 2.45) is 0 Å². The maximum Gasteiger partial charge on any atom is 0.271 e. The first-order chi connectivity index (χ1) is 10.7. The summed E-state index contributed by atoms with van der Waals surface area (Å²) in [6.45, 7) is 1.96. The van der Waals surface area contributed by atoms with E-state index < -0.39 is 0 Å². The van der Waals surface area contributed by atoms with E-state index in [4.69, 9.17) is 4.74 Å². The van der Waals surface area contributed by atoms with Gasteiger partial charge in [0.15, 0.2) is 11.5 Å². The summed E-state index contributed by atoms with van der Waals surface area (Å²) in [7, 11) is 1.52. The normalized spacial score (nSPS) is 10.6. The summed E-state index contributed by atoms with van der Waals surface area (Å²) in [6.07, 6.45) is 2.96. The molecule has 0 aliphatic carbocycles. The van der Waals surface area contributed by atoms with Crippen LogP contribution < -0.4 is 10.1 Å². The standard InChI is InChI=1S/C13H13N7O2/c1-8-5-15-9(6-14-8)13(21)16-7-11-18-17-10-3-4-12(22-2)19-20(10)11/h3-6H,7H2,1-2H3,(H,16,21). The molecule has 0 aliphatic rings. The van der Waals surface area contributed by atoms with Gasteiger partial charge in [-0.3, -0.25) is 9.78 Å². The SMILES string of the molecule is COc1ccc2nnc(CNC(=O)c3cnc(C)cn3)n2n1. The first-order valence-corrected chi connectivity index (χ1v) is 6.49. The number of carbonyl (C=O) groups is 1. The molecular formula is C13H13N7O2. The first-order valence-electron chi connectivity index (χ1n) is 6.49. The second kappa shape index (κ2) is 5.72. The third-order valence-corrected chi connectivity index (χ3v) is 2.93. The van der Waals surface area contributed by atoms with Gasteiger partial charge in [-0.25, -0.2) is 4.98 Å². The number of methoxy groups -OCH3 is 1. The lowest BCUT2D eigenvalue weighted by Gasteiger charge is -2.04. The highest BCUT2D eigenvalue weighted by molar-refractivity contribution is 5.91. The van der Waals surface area contributed by atoms with Crippen molar-refractivity contribution in [2.45, 2.75) is 13.5 Å². The molecule has 1 N–H and O–H groups in total. The molecule has 22 heavy (non-hydrogen) atoms. The van der Waals surface area contributed by atoms with Crippen molar-refractivity contribution in [2.75, 3.05) is 7.11 Å². The summed E-state index contributed by atoms with van der Waals surface area (Å²) < 4.78 is 6.57. The van der Waals surface area contributed by atoms with E-state index in [1.54, 1.807) is 19.1 Å². The molecule has 0 saturated carbocycles. The Morgan fingerprint density at radius 1 is 1.27 bits per heavy atom. The van der Waals surface area contributed by atoms with Gasteiger partial charge in [0, 0.05) is 12.3 Å². The Labute approximate surface area is 125 Å². The molecule has 112 valence electrons. The molecule has 0 fully saturated rings. The maximum absolute atomic E-state index is 12.0. The molecule has 0 unspecified atom stereocenters. The lowest BCUT2D eigenvalue weighted by molar-refractivity contribution is 0.0944. The van der Waals surface area contributed by atoms with Crippen LogP contribution in [-0.2, 0) is 6.54 Å². The molecule has 0 atom stereocenters. The van der Waals surface area contributed by atoms with Crippen molar-refractivity contribution in [1.29, 1.82) is 0 Å². The van der Waals surface area contributed by atoms with Gasteiger partial charge in [0.2, 0.25) is 5.88 Å². The summed E-state index contributed by atoms with van der Waals surface area (Å²) in [4.78, 5) is 20.0. The molecule has 3 rings (SSSR count). The Bertz CT molecular complexity index is 813. The van der Waals surface area contributed by atoms with Crippen molar-refractivity contribution in [1.82, 2.24) is 35.1 Å². The monoisotopic (exact) mass is 299 g/mol. The minimum Gasteiger partial charge on any atom is -0.480 e. The van der Waals surface area contributed by atoms with Crippen LogP contribution in [0.15, 0.2) is 24.5 Å². The summed E-state index contributed by atoms with van der Waals surface area (Å²) in [6, 6.07) is 3.42. The number of fused-ring (bicyclic) bond motifs is 1. The number of aromatic nitrogens is 6. The Morgan fingerprint density at radius 3 is 2.86 bits per heavy atom. The Morgan fingerprint density at radius 2 is 2.14 bits per heavy atom. The van der Waals surface area contributed by atoms with Crippen LogP contribution in [0, 0.1) is 6.92 Å². The third-order valence-electron chi connectivity index (χ3n) is 2.93. The third kappa shape index (κ3) is 2.68. The minimum absolute atomic E-state index is 0.162. The van der Waals surface area contributed by atoms with Crippen LogP contribution in [0.4, 0.5) is 0 Å². The van der Waals surface area contributed by atoms with Gasteiger partial charge in [-0.2, -0.15) is 4.52 Å². The highest BCUT2D eigenvalue weighted by Crippen LogP contribution is 2.08. The van der Waals surface area contributed by atoms with Gasteiger partial charge in [-0.15, -0.1) is 15.3 Å². The van der Waals surface area contributed by atoms with E-state index in [2.05, 4.69) is 30.6 Å². The van der Waals surface area contributed by atoms with Gasteiger partial charge in [0.25, 0.3) is 5.91 Å². The average molecular weight is 299 g/mol. The molecule has 0 radical (unpaired) electrons. The number of hydrogen-bond acceptors (Lipinski definition) is 7. The number of amides is 1. The van der Waals surface area contributed by atoms with E-state index in [0.717, 1.165) is 5.69 Å². The molecule has 9 heteroatoms. The van der Waals surface area contributed by atoms with Crippen molar-refractivity contribution < 1.29 is 9.53 Å². The topological polar surface area (TPSA) is 107 Å². The second-order valence-corrected chi connectivity index (χ2v) is 4.49. The highest BCUT2D eigenvalue weighted by Gasteiger charge is 2.11. The molecule has 3 aromatic heterocycles. The van der Waals surface area contributed by atoms with Gasteiger partial charge in [-0.1, -0.05) is 0 Å². The van der Waals surface area contributed by atoms with Crippen LogP contribution in [0.1, 0.15) is 22.0 Å². The molecule has 0 saturated heterocycles. The van der Waals surface area contributed by atoms with Crippen LogP contribution in [0.25, 0.3) is 5.65 Å². The number of nitrogens with one attached hydrogen (secondary N) is 1. The van der Waals surface area contributed by atoms with Gasteiger partial charge >= 0.3 is 0 Å². The molecule has 0 spiro atoms. The lowest BCUT2D eigenvalue weighted by atomic mass is 10.4. The molecule has 3 heterocycles. The fraction of sp³-hybridized carbons (Fsp3) is 0.231. The largest absolute Gasteiger partial charge is 0.480 e. The fourth-order valence-corrected chi connectivity index (χ4v) is 1.80. The van der Waals surface area contributed by atoms with E-state index in [1.807, 2.05) is 0 Å². The van der Waals surface area contributed by atoms with Crippen LogP contribution >= 0.6 is 0 Å². The van der Waals surface area contributed by atoms with Crippen molar-refractivity contribution in [3.05, 3.63) is 41.7 Å². The van der Waals surface area contributed by atoms with Gasteiger partial charge in [-0.05, 0) is 13.0 Å². The Hall–Kier alpha value is -3.10. The zero-order valence-electron chi connectivity index (χ0n) is 12.0. The van der Waals surface area contributed by atoms with Crippen LogP contribution in [0.3, 0.4) is 0 Å². The zero-order chi connectivity index (χ0) is 15.5. The van der Waals surface area contributed by atoms with E-state index in [9.17, 15) is 4.79 Å². The van der Waals surface area contributed by atoms with Crippen LogP contribution in [0.5, 0.6) is 5.88 Å². The highest BCUT2D eigenvalue weighted by atomic mass is 16.5. The van der Waals surface area contributed by atoms with Gasteiger partial charge in [0.1, 0.15) is 5.69 Å². The van der Waals surface area contributed by atoms with Crippen molar-refractivity contribution in [3.63, 3.8) is 0 Å². The quantitative estimate of drug-likeness (QED) is 0.731. The Balaban J connectivity index is 1.76. The molecule has 0 bridgehead atoms. The fourth-order valence-electron chi connectivity index (χ4n) is 1.80.